The normalized spacial score (nSPS) is 23.7. The molecule has 2 bridgehead atoms. The number of anilines is 2. The number of amides is 1. The Morgan fingerprint density at radius 2 is 1.76 bits per heavy atom. The average Bonchev–Trinajstić information content (AvgIpc) is 2.98. The SMILES string of the molecule is CC(C)(C)OC(=O)N1CCC(NC2[C@@H]3CCC[C@H]2CC(CNc2nc(NCc4ccccc4OC(F)(F)F)ncc2C#N)C3)CC1. The maximum atomic E-state index is 12.8. The van der Waals surface area contributed by atoms with E-state index in [2.05, 4.69) is 36.7 Å². The van der Waals surface area contributed by atoms with Crippen LogP contribution in [0.2, 0.25) is 0 Å². The van der Waals surface area contributed by atoms with E-state index in [-0.39, 0.29) is 24.3 Å². The lowest BCUT2D eigenvalue weighted by molar-refractivity contribution is -0.274. The highest BCUT2D eigenvalue weighted by atomic mass is 19.4. The number of benzene rings is 1. The number of nitrogens with zero attached hydrogens (tertiary/aromatic N) is 4. The van der Waals surface area contributed by atoms with Gasteiger partial charge in [-0.15, -0.1) is 13.2 Å². The number of likely N-dealkylation sites (tertiary alicyclic amines) is 1. The van der Waals surface area contributed by atoms with Gasteiger partial charge in [0.1, 0.15) is 28.8 Å². The van der Waals surface area contributed by atoms with Crippen LogP contribution in [0.4, 0.5) is 29.7 Å². The standard InChI is InChI=1S/C33H44F3N7O3/c1-32(2,3)46-31(44)43-13-11-26(12-14-43)41-28-22-8-6-9-23(28)16-21(15-22)18-38-29-25(17-37)20-40-30(42-29)39-19-24-7-4-5-10-27(24)45-33(34,35)36/h4-5,7,10,20-23,26,28,41H,6,8-9,11-16,18-19H2,1-3H3,(H2,38,39,40,42)/t21?,22-,23+,28?. The third kappa shape index (κ3) is 9.15. The number of fused-ring (bicyclic) bond motifs is 2. The first-order valence-electron chi connectivity index (χ1n) is 16.2. The number of halogens is 3. The zero-order chi connectivity index (χ0) is 32.9. The fourth-order valence-electron chi connectivity index (χ4n) is 7.11. The van der Waals surface area contributed by atoms with Gasteiger partial charge in [0.25, 0.3) is 0 Å². The van der Waals surface area contributed by atoms with E-state index in [1.165, 1.54) is 43.7 Å². The van der Waals surface area contributed by atoms with Gasteiger partial charge < -0.3 is 30.3 Å². The van der Waals surface area contributed by atoms with Gasteiger partial charge in [-0.3, -0.25) is 0 Å². The lowest BCUT2D eigenvalue weighted by atomic mass is 9.64. The summed E-state index contributed by atoms with van der Waals surface area (Å²) < 4.78 is 48.1. The van der Waals surface area contributed by atoms with Crippen LogP contribution in [0.5, 0.6) is 5.75 Å². The number of carbonyl (C=O) groups excluding carboxylic acids is 1. The van der Waals surface area contributed by atoms with E-state index in [4.69, 9.17) is 4.74 Å². The summed E-state index contributed by atoms with van der Waals surface area (Å²) in [6, 6.07) is 8.88. The van der Waals surface area contributed by atoms with Crippen molar-refractivity contribution < 1.29 is 27.4 Å². The molecule has 4 atom stereocenters. The molecule has 1 aliphatic heterocycles. The van der Waals surface area contributed by atoms with Crippen LogP contribution < -0.4 is 20.7 Å². The minimum Gasteiger partial charge on any atom is -0.444 e. The molecule has 0 spiro atoms. The number of hydrogen-bond acceptors (Lipinski definition) is 9. The molecule has 10 nitrogen and oxygen atoms in total. The molecule has 2 aliphatic carbocycles. The minimum absolute atomic E-state index is 0.0119. The van der Waals surface area contributed by atoms with Crippen molar-refractivity contribution in [2.24, 2.45) is 17.8 Å². The van der Waals surface area contributed by atoms with Gasteiger partial charge in [0.15, 0.2) is 0 Å². The molecular weight excluding hydrogens is 599 g/mol. The molecule has 250 valence electrons. The molecule has 1 aromatic carbocycles. The highest BCUT2D eigenvalue weighted by Gasteiger charge is 2.41. The predicted molar refractivity (Wildman–Crippen MR) is 167 cm³/mol. The average molecular weight is 644 g/mol. The van der Waals surface area contributed by atoms with E-state index in [1.807, 2.05) is 25.7 Å². The van der Waals surface area contributed by atoms with Gasteiger partial charge in [-0.1, -0.05) is 24.6 Å². The quantitative estimate of drug-likeness (QED) is 0.283. The van der Waals surface area contributed by atoms with Crippen LogP contribution in [-0.2, 0) is 11.3 Å². The second-order valence-corrected chi connectivity index (χ2v) is 13.7. The number of rotatable bonds is 9. The van der Waals surface area contributed by atoms with Gasteiger partial charge in [0, 0.05) is 43.8 Å². The summed E-state index contributed by atoms with van der Waals surface area (Å²) in [5.74, 6) is 1.87. The summed E-state index contributed by atoms with van der Waals surface area (Å²) in [6.45, 7) is 7.75. The van der Waals surface area contributed by atoms with E-state index in [9.17, 15) is 23.2 Å². The first kappa shape index (κ1) is 33.6. The van der Waals surface area contributed by atoms with Crippen LogP contribution >= 0.6 is 0 Å². The largest absolute Gasteiger partial charge is 0.573 e. The van der Waals surface area contributed by atoms with Crippen LogP contribution in [0.3, 0.4) is 0 Å². The van der Waals surface area contributed by atoms with Gasteiger partial charge in [-0.2, -0.15) is 10.2 Å². The second kappa shape index (κ2) is 14.3. The Bertz CT molecular complexity index is 1370. The topological polar surface area (TPSA) is 124 Å². The van der Waals surface area contributed by atoms with Crippen LogP contribution in [0.1, 0.15) is 76.8 Å². The summed E-state index contributed by atoms with van der Waals surface area (Å²) in [5, 5.41) is 20.0. The van der Waals surface area contributed by atoms with E-state index in [1.54, 1.807) is 6.07 Å². The minimum atomic E-state index is -4.80. The smallest absolute Gasteiger partial charge is 0.444 e. The Morgan fingerprint density at radius 3 is 2.41 bits per heavy atom. The van der Waals surface area contributed by atoms with Gasteiger partial charge in [-0.25, -0.2) is 9.78 Å². The number of para-hydroxylation sites is 1. The molecule has 3 N–H and O–H groups in total. The van der Waals surface area contributed by atoms with E-state index < -0.39 is 12.0 Å². The fourth-order valence-corrected chi connectivity index (χ4v) is 7.11. The third-order valence-corrected chi connectivity index (χ3v) is 9.12. The molecule has 1 saturated heterocycles. The van der Waals surface area contributed by atoms with E-state index in [0.29, 0.717) is 66.4 Å². The number of hydrogen-bond donors (Lipinski definition) is 3. The molecular formula is C33H44F3N7O3. The molecule has 3 fully saturated rings. The van der Waals surface area contributed by atoms with E-state index in [0.717, 1.165) is 25.7 Å². The number of nitriles is 1. The Balaban J connectivity index is 1.14. The second-order valence-electron chi connectivity index (χ2n) is 13.7. The molecule has 2 saturated carbocycles. The number of nitrogens with one attached hydrogen (secondary N) is 3. The van der Waals surface area contributed by atoms with Crippen molar-refractivity contribution in [3.63, 3.8) is 0 Å². The van der Waals surface area contributed by atoms with Gasteiger partial charge in [0.2, 0.25) is 5.95 Å². The molecule has 13 heteroatoms. The summed E-state index contributed by atoms with van der Waals surface area (Å²) in [4.78, 5) is 23.0. The number of carbonyl (C=O) groups is 1. The molecule has 2 aromatic rings. The Morgan fingerprint density at radius 1 is 1.07 bits per heavy atom. The highest BCUT2D eigenvalue weighted by Crippen LogP contribution is 2.43. The highest BCUT2D eigenvalue weighted by molar-refractivity contribution is 5.68. The van der Waals surface area contributed by atoms with Crippen molar-refractivity contribution in [2.75, 3.05) is 30.3 Å². The number of piperidine rings is 1. The number of ether oxygens (including phenoxy) is 2. The first-order valence-corrected chi connectivity index (χ1v) is 16.2. The van der Waals surface area contributed by atoms with Crippen LogP contribution in [0, 0.1) is 29.1 Å². The molecule has 1 amide bonds. The van der Waals surface area contributed by atoms with Crippen LogP contribution in [0.15, 0.2) is 30.5 Å². The molecule has 2 unspecified atom stereocenters. The summed E-state index contributed by atoms with van der Waals surface area (Å²) in [5.41, 5.74) is 0.109. The summed E-state index contributed by atoms with van der Waals surface area (Å²) >= 11 is 0. The Labute approximate surface area is 268 Å². The molecule has 46 heavy (non-hydrogen) atoms. The maximum absolute atomic E-state index is 12.8. The van der Waals surface area contributed by atoms with Crippen molar-refractivity contribution in [3.05, 3.63) is 41.6 Å². The zero-order valence-electron chi connectivity index (χ0n) is 26.7. The zero-order valence-corrected chi connectivity index (χ0v) is 26.7. The van der Waals surface area contributed by atoms with E-state index >= 15 is 0 Å². The number of alkyl halides is 3. The van der Waals surface area contributed by atoms with Gasteiger partial charge >= 0.3 is 12.5 Å². The van der Waals surface area contributed by atoms with Gasteiger partial charge in [0.05, 0.1) is 6.20 Å². The fraction of sp³-hybridized carbons (Fsp3) is 0.636. The maximum Gasteiger partial charge on any atom is 0.573 e. The van der Waals surface area contributed by atoms with Crippen molar-refractivity contribution in [1.29, 1.82) is 5.26 Å². The van der Waals surface area contributed by atoms with Crippen molar-refractivity contribution >= 4 is 17.9 Å². The molecule has 0 radical (unpaired) electrons. The van der Waals surface area contributed by atoms with Crippen LogP contribution in [-0.4, -0.2) is 64.6 Å². The summed E-state index contributed by atoms with van der Waals surface area (Å²) in [6.07, 6.45) is 3.98. The van der Waals surface area contributed by atoms with Crippen molar-refractivity contribution in [3.8, 4) is 11.8 Å². The number of aromatic nitrogens is 2. The van der Waals surface area contributed by atoms with Crippen molar-refractivity contribution in [2.45, 2.75) is 96.3 Å². The van der Waals surface area contributed by atoms with Crippen LogP contribution in [0.25, 0.3) is 0 Å². The molecule has 1 aromatic heterocycles. The summed E-state index contributed by atoms with van der Waals surface area (Å²) in [7, 11) is 0. The van der Waals surface area contributed by atoms with Gasteiger partial charge in [-0.05, 0) is 83.1 Å². The lowest BCUT2D eigenvalue weighted by Gasteiger charge is -2.48. The Kier molecular flexibility index (Phi) is 10.5. The first-order chi connectivity index (χ1) is 21.9. The molecule has 2 heterocycles. The Hall–Kier alpha value is -3.79. The lowest BCUT2D eigenvalue weighted by Crippen LogP contribution is -2.55. The third-order valence-electron chi connectivity index (χ3n) is 9.12. The van der Waals surface area contributed by atoms with Crippen molar-refractivity contribution in [1.82, 2.24) is 20.2 Å². The molecule has 5 rings (SSSR count). The monoisotopic (exact) mass is 643 g/mol. The predicted octanol–water partition coefficient (Wildman–Crippen LogP) is 6.45. The molecule has 3 aliphatic rings.